The van der Waals surface area contributed by atoms with Gasteiger partial charge in [-0.05, 0) is 73.6 Å². The number of hydrogen-bond donors (Lipinski definition) is 1. The Morgan fingerprint density at radius 3 is 2.89 bits per heavy atom. The molecule has 1 aliphatic heterocycles. The predicted molar refractivity (Wildman–Crippen MR) is 135 cm³/mol. The number of amides is 1. The van der Waals surface area contributed by atoms with Crippen molar-refractivity contribution in [1.82, 2.24) is 20.1 Å². The lowest BCUT2D eigenvalue weighted by atomic mass is 9.91. The molecular formula is C28H30N4O3. The highest BCUT2D eigenvalue weighted by Crippen LogP contribution is 2.30. The molecule has 0 aliphatic carbocycles. The van der Waals surface area contributed by atoms with Crippen molar-refractivity contribution in [3.8, 4) is 11.5 Å². The number of carbonyl (C=O) groups is 1. The van der Waals surface area contributed by atoms with E-state index in [1.165, 1.54) is 10.9 Å². The SMILES string of the molecule is COc1cc(C(=O)N2CCC[C@@H](Cc3cccc4[nH]ncc34)CC2)ccc1OCc1ccccn1. The molecule has 1 fully saturated rings. The van der Waals surface area contributed by atoms with Gasteiger partial charge in [0, 0.05) is 30.2 Å². The topological polar surface area (TPSA) is 80.3 Å². The van der Waals surface area contributed by atoms with Crippen LogP contribution in [0.3, 0.4) is 0 Å². The monoisotopic (exact) mass is 470 g/mol. The average Bonchev–Trinajstić information content (AvgIpc) is 3.27. The third-order valence-electron chi connectivity index (χ3n) is 6.73. The molecule has 1 atom stereocenters. The summed E-state index contributed by atoms with van der Waals surface area (Å²) in [5, 5.41) is 8.44. The summed E-state index contributed by atoms with van der Waals surface area (Å²) in [7, 11) is 1.59. The number of nitrogens with zero attached hydrogens (tertiary/aromatic N) is 3. The highest BCUT2D eigenvalue weighted by Gasteiger charge is 2.23. The van der Waals surface area contributed by atoms with E-state index in [-0.39, 0.29) is 5.91 Å². The van der Waals surface area contributed by atoms with Gasteiger partial charge in [0.15, 0.2) is 11.5 Å². The van der Waals surface area contributed by atoms with Crippen molar-refractivity contribution in [2.24, 2.45) is 5.92 Å². The van der Waals surface area contributed by atoms with Crippen molar-refractivity contribution in [3.63, 3.8) is 0 Å². The third-order valence-corrected chi connectivity index (χ3v) is 6.73. The van der Waals surface area contributed by atoms with Gasteiger partial charge >= 0.3 is 0 Å². The van der Waals surface area contributed by atoms with Crippen molar-refractivity contribution >= 4 is 16.8 Å². The molecule has 1 saturated heterocycles. The molecule has 7 heteroatoms. The van der Waals surface area contributed by atoms with Gasteiger partial charge in [-0.25, -0.2) is 0 Å². The highest BCUT2D eigenvalue weighted by molar-refractivity contribution is 5.95. The Morgan fingerprint density at radius 1 is 1.09 bits per heavy atom. The fourth-order valence-corrected chi connectivity index (χ4v) is 4.83. The molecule has 2 aromatic heterocycles. The second-order valence-corrected chi connectivity index (χ2v) is 9.02. The minimum Gasteiger partial charge on any atom is -0.493 e. The van der Waals surface area contributed by atoms with E-state index in [2.05, 4.69) is 33.4 Å². The van der Waals surface area contributed by atoms with Gasteiger partial charge in [-0.15, -0.1) is 0 Å². The standard InChI is InChI=1S/C28H30N4O3/c1-34-27-17-22(10-11-26(27)35-19-23-8-2-3-13-29-23)28(33)32-14-5-6-20(12-15-32)16-21-7-4-9-25-24(21)18-30-31-25/h2-4,7-11,13,17-18,20H,5-6,12,14-16,19H2,1H3,(H,30,31)/t20-/m1/s1. The predicted octanol–water partition coefficient (Wildman–Crippen LogP) is 5.03. The maximum Gasteiger partial charge on any atom is 0.253 e. The minimum absolute atomic E-state index is 0.0390. The van der Waals surface area contributed by atoms with Crippen molar-refractivity contribution in [3.05, 3.63) is 83.8 Å². The molecule has 35 heavy (non-hydrogen) atoms. The zero-order valence-corrected chi connectivity index (χ0v) is 19.9. The number of nitrogens with one attached hydrogen (secondary N) is 1. The van der Waals surface area contributed by atoms with Crippen LogP contribution in [-0.2, 0) is 13.0 Å². The lowest BCUT2D eigenvalue weighted by Crippen LogP contribution is -2.32. The van der Waals surface area contributed by atoms with Gasteiger partial charge in [0.1, 0.15) is 6.61 Å². The van der Waals surface area contributed by atoms with E-state index >= 15 is 0 Å². The molecule has 1 amide bonds. The van der Waals surface area contributed by atoms with Crippen molar-refractivity contribution in [2.75, 3.05) is 20.2 Å². The van der Waals surface area contributed by atoms with Gasteiger partial charge in [0.2, 0.25) is 0 Å². The van der Waals surface area contributed by atoms with Crippen LogP contribution in [0.1, 0.15) is 40.9 Å². The summed E-state index contributed by atoms with van der Waals surface area (Å²) in [4.78, 5) is 19.6. The Bertz CT molecular complexity index is 1290. The second kappa shape index (κ2) is 10.6. The fraction of sp³-hybridized carbons (Fsp3) is 0.321. The van der Waals surface area contributed by atoms with Gasteiger partial charge in [0.25, 0.3) is 5.91 Å². The molecule has 3 heterocycles. The number of hydrogen-bond acceptors (Lipinski definition) is 5. The molecule has 180 valence electrons. The highest BCUT2D eigenvalue weighted by atomic mass is 16.5. The molecule has 5 rings (SSSR count). The van der Waals surface area contributed by atoms with Gasteiger partial charge < -0.3 is 14.4 Å². The largest absolute Gasteiger partial charge is 0.493 e. The van der Waals surface area contributed by atoms with Gasteiger partial charge in [-0.3, -0.25) is 14.9 Å². The lowest BCUT2D eigenvalue weighted by molar-refractivity contribution is 0.0759. The van der Waals surface area contributed by atoms with Gasteiger partial charge in [-0.2, -0.15) is 5.10 Å². The Balaban J connectivity index is 1.22. The Hall–Kier alpha value is -3.87. The number of aromatic amines is 1. The third kappa shape index (κ3) is 5.29. The quantitative estimate of drug-likeness (QED) is 0.410. The fourth-order valence-electron chi connectivity index (χ4n) is 4.83. The first kappa shape index (κ1) is 22.9. The maximum atomic E-state index is 13.3. The van der Waals surface area contributed by atoms with Crippen molar-refractivity contribution < 1.29 is 14.3 Å². The van der Waals surface area contributed by atoms with Crippen LogP contribution in [0.4, 0.5) is 0 Å². The van der Waals surface area contributed by atoms with Crippen LogP contribution in [-0.4, -0.2) is 46.2 Å². The normalized spacial score (nSPS) is 16.1. The van der Waals surface area contributed by atoms with Crippen molar-refractivity contribution in [1.29, 1.82) is 0 Å². The summed E-state index contributed by atoms with van der Waals surface area (Å²) in [5.74, 6) is 1.73. The van der Waals surface area contributed by atoms with Crippen LogP contribution in [0.15, 0.2) is 67.0 Å². The van der Waals surface area contributed by atoms with Crippen LogP contribution in [0.25, 0.3) is 10.9 Å². The second-order valence-electron chi connectivity index (χ2n) is 9.02. The number of pyridine rings is 1. The number of ether oxygens (including phenoxy) is 2. The number of aromatic nitrogens is 3. The molecule has 7 nitrogen and oxygen atoms in total. The van der Waals surface area contributed by atoms with E-state index in [0.29, 0.717) is 29.6 Å². The Morgan fingerprint density at radius 2 is 2.03 bits per heavy atom. The Kier molecular flexibility index (Phi) is 6.93. The number of H-pyrrole nitrogens is 1. The molecule has 0 saturated carbocycles. The number of rotatable bonds is 7. The van der Waals surface area contributed by atoms with E-state index < -0.39 is 0 Å². The summed E-state index contributed by atoms with van der Waals surface area (Å²) in [6.45, 7) is 1.86. The molecule has 1 aliphatic rings. The first-order chi connectivity index (χ1) is 17.2. The van der Waals surface area contributed by atoms with E-state index in [1.807, 2.05) is 35.4 Å². The lowest BCUT2D eigenvalue weighted by Gasteiger charge is -2.21. The first-order valence-electron chi connectivity index (χ1n) is 12.1. The molecule has 0 spiro atoms. The summed E-state index contributed by atoms with van der Waals surface area (Å²) >= 11 is 0. The van der Waals surface area contributed by atoms with Crippen LogP contribution >= 0.6 is 0 Å². The van der Waals surface area contributed by atoms with Crippen LogP contribution in [0.5, 0.6) is 11.5 Å². The number of methoxy groups -OCH3 is 1. The summed E-state index contributed by atoms with van der Waals surface area (Å²) in [6.07, 6.45) is 7.76. The molecule has 0 radical (unpaired) electrons. The number of likely N-dealkylation sites (tertiary alicyclic amines) is 1. The molecule has 0 bridgehead atoms. The van der Waals surface area contributed by atoms with E-state index in [1.54, 1.807) is 25.4 Å². The molecular weight excluding hydrogens is 440 g/mol. The minimum atomic E-state index is 0.0390. The number of benzene rings is 2. The molecule has 0 unspecified atom stereocenters. The number of fused-ring (bicyclic) bond motifs is 1. The van der Waals surface area contributed by atoms with Gasteiger partial charge in [-0.1, -0.05) is 18.2 Å². The zero-order valence-electron chi connectivity index (χ0n) is 19.9. The summed E-state index contributed by atoms with van der Waals surface area (Å²) in [5.41, 5.74) is 3.85. The van der Waals surface area contributed by atoms with Crippen LogP contribution in [0.2, 0.25) is 0 Å². The number of carbonyl (C=O) groups excluding carboxylic acids is 1. The Labute approximate surface area is 205 Å². The van der Waals surface area contributed by atoms with E-state index in [9.17, 15) is 4.79 Å². The molecule has 2 aromatic carbocycles. The smallest absolute Gasteiger partial charge is 0.253 e. The van der Waals surface area contributed by atoms with E-state index in [4.69, 9.17) is 9.47 Å². The van der Waals surface area contributed by atoms with Crippen LogP contribution in [0, 0.1) is 5.92 Å². The first-order valence-corrected chi connectivity index (χ1v) is 12.1. The van der Waals surface area contributed by atoms with E-state index in [0.717, 1.165) is 50.0 Å². The van der Waals surface area contributed by atoms with Crippen molar-refractivity contribution in [2.45, 2.75) is 32.3 Å². The maximum absolute atomic E-state index is 13.3. The van der Waals surface area contributed by atoms with Gasteiger partial charge in [0.05, 0.1) is 24.5 Å². The molecule has 1 N–H and O–H groups in total. The zero-order chi connectivity index (χ0) is 24.0. The molecule has 4 aromatic rings. The summed E-state index contributed by atoms with van der Waals surface area (Å²) in [6, 6.07) is 17.4. The summed E-state index contributed by atoms with van der Waals surface area (Å²) < 4.78 is 11.4. The van der Waals surface area contributed by atoms with Crippen LogP contribution < -0.4 is 9.47 Å². The average molecular weight is 471 g/mol.